The van der Waals surface area contributed by atoms with Crippen LogP contribution in [0.4, 0.5) is 0 Å². The molecular formula is C10H13BrN2O. The smallest absolute Gasteiger partial charge is 0.155 e. The van der Waals surface area contributed by atoms with Crippen molar-refractivity contribution >= 4 is 21.8 Å². The molecule has 0 spiro atoms. The number of rotatable bonds is 4. The van der Waals surface area contributed by atoms with Crippen LogP contribution in [0.2, 0.25) is 0 Å². The molecule has 1 aromatic rings. The minimum Gasteiger partial charge on any atom is -0.483 e. The maximum atomic E-state index is 7.29. The van der Waals surface area contributed by atoms with Gasteiger partial charge in [0, 0.05) is 4.47 Å². The molecule has 1 atom stereocenters. The van der Waals surface area contributed by atoms with Crippen molar-refractivity contribution in [3.05, 3.63) is 28.7 Å². The summed E-state index contributed by atoms with van der Waals surface area (Å²) in [4.78, 5) is 0. The molecule has 1 unspecified atom stereocenters. The van der Waals surface area contributed by atoms with E-state index in [1.807, 2.05) is 31.2 Å². The van der Waals surface area contributed by atoms with E-state index in [2.05, 4.69) is 15.9 Å². The van der Waals surface area contributed by atoms with Gasteiger partial charge in [-0.1, -0.05) is 22.9 Å². The first kappa shape index (κ1) is 11.0. The topological polar surface area (TPSA) is 59.1 Å². The number of halogens is 1. The zero-order valence-electron chi connectivity index (χ0n) is 7.96. The molecule has 0 bridgehead atoms. The van der Waals surface area contributed by atoms with E-state index >= 15 is 0 Å². The van der Waals surface area contributed by atoms with Crippen LogP contribution < -0.4 is 10.5 Å². The number of hydrogen-bond donors (Lipinski definition) is 2. The number of amidine groups is 1. The van der Waals surface area contributed by atoms with Crippen LogP contribution in [0.15, 0.2) is 28.7 Å². The molecule has 0 amide bonds. The molecule has 0 aliphatic rings. The summed E-state index contributed by atoms with van der Waals surface area (Å²) in [5.41, 5.74) is 5.37. The average molecular weight is 257 g/mol. The second kappa shape index (κ2) is 5.00. The zero-order chi connectivity index (χ0) is 10.6. The number of nitrogens with one attached hydrogen (secondary N) is 1. The lowest BCUT2D eigenvalue weighted by Gasteiger charge is -2.15. The van der Waals surface area contributed by atoms with Crippen molar-refractivity contribution < 1.29 is 4.74 Å². The molecule has 0 aliphatic heterocycles. The predicted octanol–water partition coefficient (Wildman–Crippen LogP) is 2.54. The highest BCUT2D eigenvalue weighted by molar-refractivity contribution is 9.10. The summed E-state index contributed by atoms with van der Waals surface area (Å²) in [5.74, 6) is 0.797. The molecule has 0 radical (unpaired) electrons. The van der Waals surface area contributed by atoms with Gasteiger partial charge in [-0.3, -0.25) is 5.41 Å². The third-order valence-corrected chi connectivity index (χ3v) is 2.34. The summed E-state index contributed by atoms with van der Waals surface area (Å²) in [6, 6.07) is 7.47. The van der Waals surface area contributed by atoms with Gasteiger partial charge >= 0.3 is 0 Å². The summed E-state index contributed by atoms with van der Waals surface area (Å²) >= 11 is 3.34. The summed E-state index contributed by atoms with van der Waals surface area (Å²) in [6.07, 6.45) is 0.377. The van der Waals surface area contributed by atoms with E-state index < -0.39 is 0 Å². The molecule has 4 heteroatoms. The summed E-state index contributed by atoms with van der Waals surface area (Å²) in [6.45, 7) is 1.94. The van der Waals surface area contributed by atoms with Gasteiger partial charge < -0.3 is 10.5 Å². The summed E-state index contributed by atoms with van der Waals surface area (Å²) < 4.78 is 6.51. The average Bonchev–Trinajstić information content (AvgIpc) is 2.16. The van der Waals surface area contributed by atoms with Gasteiger partial charge in [-0.05, 0) is 30.7 Å². The van der Waals surface area contributed by atoms with Crippen molar-refractivity contribution in [1.29, 1.82) is 5.41 Å². The second-order valence-corrected chi connectivity index (χ2v) is 3.84. The SMILES string of the molecule is CCC(Oc1ccc(Br)cc1)C(=N)N. The number of benzene rings is 1. The molecule has 0 aliphatic carbocycles. The quantitative estimate of drug-likeness (QED) is 0.643. The second-order valence-electron chi connectivity index (χ2n) is 2.92. The third kappa shape index (κ3) is 3.03. The lowest BCUT2D eigenvalue weighted by atomic mass is 10.2. The monoisotopic (exact) mass is 256 g/mol. The minimum atomic E-state index is -0.323. The predicted molar refractivity (Wildman–Crippen MR) is 60.8 cm³/mol. The maximum absolute atomic E-state index is 7.29. The van der Waals surface area contributed by atoms with Crippen LogP contribution >= 0.6 is 15.9 Å². The Morgan fingerprint density at radius 2 is 2.07 bits per heavy atom. The molecule has 14 heavy (non-hydrogen) atoms. The minimum absolute atomic E-state index is 0.0652. The van der Waals surface area contributed by atoms with Crippen molar-refractivity contribution in [2.75, 3.05) is 0 Å². The van der Waals surface area contributed by atoms with Gasteiger partial charge in [0.15, 0.2) is 6.10 Å². The van der Waals surface area contributed by atoms with E-state index in [1.54, 1.807) is 0 Å². The molecular weight excluding hydrogens is 244 g/mol. The zero-order valence-corrected chi connectivity index (χ0v) is 9.54. The Hall–Kier alpha value is -1.03. The molecule has 3 nitrogen and oxygen atoms in total. The van der Waals surface area contributed by atoms with Gasteiger partial charge in [0.05, 0.1) is 0 Å². The van der Waals surface area contributed by atoms with E-state index in [-0.39, 0.29) is 11.9 Å². The first-order chi connectivity index (χ1) is 6.63. The van der Waals surface area contributed by atoms with Crippen molar-refractivity contribution in [3.8, 4) is 5.75 Å². The summed E-state index contributed by atoms with van der Waals surface area (Å²) in [5, 5.41) is 7.29. The van der Waals surface area contributed by atoms with Crippen LogP contribution in [-0.2, 0) is 0 Å². The van der Waals surface area contributed by atoms with E-state index in [0.717, 1.165) is 10.2 Å². The van der Waals surface area contributed by atoms with Gasteiger partial charge in [0.1, 0.15) is 11.6 Å². The van der Waals surface area contributed by atoms with Crippen LogP contribution in [0.5, 0.6) is 5.75 Å². The molecule has 0 aromatic heterocycles. The number of nitrogens with two attached hydrogens (primary N) is 1. The fraction of sp³-hybridized carbons (Fsp3) is 0.300. The molecule has 0 fully saturated rings. The Kier molecular flexibility index (Phi) is 3.95. The van der Waals surface area contributed by atoms with Gasteiger partial charge in [-0.2, -0.15) is 0 Å². The van der Waals surface area contributed by atoms with Gasteiger partial charge in [-0.25, -0.2) is 0 Å². The molecule has 1 aromatic carbocycles. The Balaban J connectivity index is 2.67. The van der Waals surface area contributed by atoms with Gasteiger partial charge in [0.2, 0.25) is 0 Å². The largest absolute Gasteiger partial charge is 0.483 e. The first-order valence-corrected chi connectivity index (χ1v) is 5.19. The van der Waals surface area contributed by atoms with Crippen molar-refractivity contribution in [2.24, 2.45) is 5.73 Å². The summed E-state index contributed by atoms with van der Waals surface area (Å²) in [7, 11) is 0. The normalized spacial score (nSPS) is 12.1. The van der Waals surface area contributed by atoms with Crippen LogP contribution in [0.3, 0.4) is 0 Å². The van der Waals surface area contributed by atoms with Crippen molar-refractivity contribution in [2.45, 2.75) is 19.4 Å². The Bertz CT molecular complexity index is 310. The first-order valence-electron chi connectivity index (χ1n) is 4.39. The standard InChI is InChI=1S/C10H13BrN2O/c1-2-9(10(12)13)14-8-5-3-7(11)4-6-8/h3-6,9H,2H2,1H3,(H3,12,13). The van der Waals surface area contributed by atoms with Gasteiger partial charge in [-0.15, -0.1) is 0 Å². The lowest BCUT2D eigenvalue weighted by Crippen LogP contribution is -2.32. The molecule has 3 N–H and O–H groups in total. The van der Waals surface area contributed by atoms with E-state index in [1.165, 1.54) is 0 Å². The highest BCUT2D eigenvalue weighted by Crippen LogP contribution is 2.17. The fourth-order valence-electron chi connectivity index (χ4n) is 1.04. The fourth-order valence-corrected chi connectivity index (χ4v) is 1.31. The third-order valence-electron chi connectivity index (χ3n) is 1.81. The maximum Gasteiger partial charge on any atom is 0.155 e. The Morgan fingerprint density at radius 3 is 2.50 bits per heavy atom. The van der Waals surface area contributed by atoms with Crippen LogP contribution in [0.1, 0.15) is 13.3 Å². The highest BCUT2D eigenvalue weighted by atomic mass is 79.9. The lowest BCUT2D eigenvalue weighted by molar-refractivity contribution is 0.260. The Labute approximate surface area is 91.9 Å². The number of ether oxygens (including phenoxy) is 1. The van der Waals surface area contributed by atoms with E-state index in [0.29, 0.717) is 6.42 Å². The van der Waals surface area contributed by atoms with E-state index in [9.17, 15) is 0 Å². The molecule has 0 saturated carbocycles. The molecule has 0 heterocycles. The molecule has 76 valence electrons. The van der Waals surface area contributed by atoms with Crippen molar-refractivity contribution in [1.82, 2.24) is 0 Å². The van der Waals surface area contributed by atoms with Crippen molar-refractivity contribution in [3.63, 3.8) is 0 Å². The van der Waals surface area contributed by atoms with Crippen LogP contribution in [-0.4, -0.2) is 11.9 Å². The number of hydrogen-bond acceptors (Lipinski definition) is 2. The van der Waals surface area contributed by atoms with E-state index in [4.69, 9.17) is 15.9 Å². The van der Waals surface area contributed by atoms with Crippen LogP contribution in [0.25, 0.3) is 0 Å². The van der Waals surface area contributed by atoms with Gasteiger partial charge in [0.25, 0.3) is 0 Å². The highest BCUT2D eigenvalue weighted by Gasteiger charge is 2.10. The molecule has 1 rings (SSSR count). The van der Waals surface area contributed by atoms with Crippen LogP contribution in [0, 0.1) is 5.41 Å². The Morgan fingerprint density at radius 1 is 1.50 bits per heavy atom. The molecule has 0 saturated heterocycles.